The maximum Gasteiger partial charge on any atom is 0.164 e. The fourth-order valence-corrected chi connectivity index (χ4v) is 2.75. The molecule has 1 aliphatic rings. The zero-order valence-electron chi connectivity index (χ0n) is 13.0. The molecule has 3 heteroatoms. The van der Waals surface area contributed by atoms with E-state index >= 15 is 0 Å². The highest BCUT2D eigenvalue weighted by Crippen LogP contribution is 2.29. The lowest BCUT2D eigenvalue weighted by molar-refractivity contribution is 1.11. The van der Waals surface area contributed by atoms with Gasteiger partial charge in [0.2, 0.25) is 0 Å². The van der Waals surface area contributed by atoms with Crippen LogP contribution in [-0.4, -0.2) is 14.5 Å². The number of rotatable bonds is 2. The molecule has 1 aliphatic carbocycles. The van der Waals surface area contributed by atoms with Gasteiger partial charge in [0.1, 0.15) is 5.69 Å². The van der Waals surface area contributed by atoms with Crippen molar-refractivity contribution < 1.29 is 0 Å². The van der Waals surface area contributed by atoms with Crippen molar-refractivity contribution in [3.63, 3.8) is 0 Å². The van der Waals surface area contributed by atoms with Gasteiger partial charge in [-0.1, -0.05) is 17.5 Å². The summed E-state index contributed by atoms with van der Waals surface area (Å²) in [5.41, 5.74) is 12.2. The Labute approximate surface area is 134 Å². The molecule has 0 radical (unpaired) electrons. The first-order valence-electron chi connectivity index (χ1n) is 7.53. The summed E-state index contributed by atoms with van der Waals surface area (Å²) < 4.78 is 2.13. The highest BCUT2D eigenvalue weighted by atomic mass is 15.1. The molecule has 3 nitrogen and oxygen atoms in total. The van der Waals surface area contributed by atoms with Crippen LogP contribution in [0.1, 0.15) is 11.1 Å². The third-order valence-electron chi connectivity index (χ3n) is 3.85. The number of imidazole rings is 1. The minimum atomic E-state index is 0.842. The second-order valence-corrected chi connectivity index (χ2v) is 5.67. The van der Waals surface area contributed by atoms with E-state index in [4.69, 9.17) is 4.98 Å². The third-order valence-corrected chi connectivity index (χ3v) is 3.85. The summed E-state index contributed by atoms with van der Waals surface area (Å²) in [4.78, 5) is 9.33. The van der Waals surface area contributed by atoms with Crippen molar-refractivity contribution in [3.05, 3.63) is 77.3 Å². The zero-order valence-corrected chi connectivity index (χ0v) is 13.0. The lowest BCUT2D eigenvalue weighted by Crippen LogP contribution is -2.00. The zero-order chi connectivity index (χ0) is 15.8. The summed E-state index contributed by atoms with van der Waals surface area (Å²) in [6.45, 7) is 4.15. The first-order valence-corrected chi connectivity index (χ1v) is 7.53. The van der Waals surface area contributed by atoms with Gasteiger partial charge in [-0.15, -0.1) is 0 Å². The van der Waals surface area contributed by atoms with Crippen LogP contribution in [0.3, 0.4) is 0 Å². The number of allylic oxidation sites excluding steroid dienone is 4. The Morgan fingerprint density at radius 2 is 1.87 bits per heavy atom. The van der Waals surface area contributed by atoms with E-state index in [2.05, 4.69) is 59.1 Å². The van der Waals surface area contributed by atoms with Crippen molar-refractivity contribution in [1.82, 2.24) is 14.5 Å². The van der Waals surface area contributed by atoms with Crippen molar-refractivity contribution in [1.29, 1.82) is 0 Å². The van der Waals surface area contributed by atoms with Gasteiger partial charge < -0.3 is 0 Å². The first kappa shape index (κ1) is 13.5. The van der Waals surface area contributed by atoms with Crippen LogP contribution in [0.25, 0.3) is 28.2 Å². The molecule has 0 atom stereocenters. The molecule has 0 aliphatic heterocycles. The van der Waals surface area contributed by atoms with Gasteiger partial charge in [0.25, 0.3) is 0 Å². The van der Waals surface area contributed by atoms with Crippen LogP contribution >= 0.6 is 0 Å². The average Bonchev–Trinajstić information content (AvgIpc) is 2.94. The topological polar surface area (TPSA) is 30.7 Å². The summed E-state index contributed by atoms with van der Waals surface area (Å²) in [6.07, 6.45) is 7.62. The number of hydrogen-bond acceptors (Lipinski definition) is 2. The normalized spacial score (nSPS) is 12.9. The smallest absolute Gasteiger partial charge is 0.164 e. The molecule has 2 heterocycles. The van der Waals surface area contributed by atoms with Crippen molar-refractivity contribution in [2.24, 2.45) is 0 Å². The summed E-state index contributed by atoms with van der Waals surface area (Å²) >= 11 is 0. The summed E-state index contributed by atoms with van der Waals surface area (Å²) in [5, 5.41) is 0. The van der Waals surface area contributed by atoms with Crippen LogP contribution in [0.5, 0.6) is 0 Å². The Balaban J connectivity index is 2.06. The van der Waals surface area contributed by atoms with Gasteiger partial charge >= 0.3 is 0 Å². The monoisotopic (exact) mass is 297 g/mol. The molecule has 1 aromatic carbocycles. The highest BCUT2D eigenvalue weighted by molar-refractivity contribution is 5.87. The van der Waals surface area contributed by atoms with Crippen LogP contribution in [0.4, 0.5) is 0 Å². The summed E-state index contributed by atoms with van der Waals surface area (Å²) in [5.74, 6) is 0.842. The fraction of sp³-hybridized carbons (Fsp3) is 0.100. The minimum absolute atomic E-state index is 0.842. The number of fused-ring (bicyclic) bond motifs is 1. The predicted molar refractivity (Wildman–Crippen MR) is 92.9 cm³/mol. The Kier molecular flexibility index (Phi) is 3.09. The molecule has 0 amide bonds. The van der Waals surface area contributed by atoms with Crippen molar-refractivity contribution in [2.75, 3.05) is 0 Å². The largest absolute Gasteiger partial charge is 0.290 e. The second kappa shape index (κ2) is 5.26. The molecule has 0 N–H and O–H groups in total. The van der Waals surface area contributed by atoms with Crippen LogP contribution in [0.15, 0.2) is 66.2 Å². The molecule has 4 rings (SSSR count). The van der Waals surface area contributed by atoms with Crippen molar-refractivity contribution in [3.8, 4) is 11.5 Å². The summed E-state index contributed by atoms with van der Waals surface area (Å²) in [6, 6.07) is 10.3. The molecule has 0 spiro atoms. The minimum Gasteiger partial charge on any atom is -0.290 e. The average molecular weight is 297 g/mol. The molecule has 2 aromatic heterocycles. The van der Waals surface area contributed by atoms with Gasteiger partial charge in [0.05, 0.1) is 16.7 Å². The molecule has 23 heavy (non-hydrogen) atoms. The number of aromatic nitrogens is 3. The molecule has 110 valence electrons. The lowest BCUT2D eigenvalue weighted by Gasteiger charge is -2.10. The Morgan fingerprint density at radius 1 is 1.00 bits per heavy atom. The third kappa shape index (κ3) is 2.35. The van der Waals surface area contributed by atoms with Crippen LogP contribution < -0.4 is 0 Å². The van der Waals surface area contributed by atoms with Crippen LogP contribution in [0, 0.1) is 13.8 Å². The number of aryl methyl sites for hydroxylation is 2. The predicted octanol–water partition coefficient (Wildman–Crippen LogP) is 4.44. The standard InChI is InChI=1S/C20H15N3/c1-14-8-9-17-19(13-14)23(16-6-4-3-5-7-16)20(22-17)18-12-15(2)10-11-21-18/h4,6-13H,1-2H3. The quantitative estimate of drug-likeness (QED) is 0.655. The Morgan fingerprint density at radius 3 is 2.65 bits per heavy atom. The van der Waals surface area contributed by atoms with E-state index in [1.165, 1.54) is 5.56 Å². The number of pyridine rings is 1. The van der Waals surface area contributed by atoms with Crippen LogP contribution in [0.2, 0.25) is 0 Å². The van der Waals surface area contributed by atoms with E-state index in [0.717, 1.165) is 33.8 Å². The fourth-order valence-electron chi connectivity index (χ4n) is 2.75. The van der Waals surface area contributed by atoms with Gasteiger partial charge in [0, 0.05) is 12.3 Å². The molecule has 3 aromatic rings. The molecule has 0 unspecified atom stereocenters. The number of benzene rings is 1. The molecule has 0 fully saturated rings. The van der Waals surface area contributed by atoms with E-state index in [9.17, 15) is 0 Å². The van der Waals surface area contributed by atoms with Gasteiger partial charge in [-0.25, -0.2) is 4.98 Å². The maximum atomic E-state index is 4.82. The van der Waals surface area contributed by atoms with E-state index in [1.54, 1.807) is 0 Å². The number of hydrogen-bond donors (Lipinski definition) is 0. The van der Waals surface area contributed by atoms with Crippen molar-refractivity contribution in [2.45, 2.75) is 13.8 Å². The maximum absolute atomic E-state index is 4.82. The summed E-state index contributed by atoms with van der Waals surface area (Å²) in [7, 11) is 0. The lowest BCUT2D eigenvalue weighted by atomic mass is 10.2. The van der Waals surface area contributed by atoms with E-state index in [0.29, 0.717) is 0 Å². The number of nitrogens with zero attached hydrogens (tertiary/aromatic N) is 3. The molecular weight excluding hydrogens is 282 g/mol. The first-order chi connectivity index (χ1) is 11.2. The van der Waals surface area contributed by atoms with E-state index in [1.807, 2.05) is 30.5 Å². The van der Waals surface area contributed by atoms with E-state index in [-0.39, 0.29) is 0 Å². The van der Waals surface area contributed by atoms with Gasteiger partial charge in [-0.05, 0) is 61.4 Å². The second-order valence-electron chi connectivity index (χ2n) is 5.67. The Hall–Kier alpha value is -3.12. The van der Waals surface area contributed by atoms with Gasteiger partial charge in [0.15, 0.2) is 5.82 Å². The van der Waals surface area contributed by atoms with E-state index < -0.39 is 0 Å². The molecule has 0 saturated heterocycles. The van der Waals surface area contributed by atoms with Crippen molar-refractivity contribution >= 4 is 16.7 Å². The Bertz CT molecular complexity index is 1050. The van der Waals surface area contributed by atoms with Gasteiger partial charge in [-0.2, -0.15) is 0 Å². The molecule has 0 saturated carbocycles. The molecular formula is C20H15N3. The molecule has 0 bridgehead atoms. The SMILES string of the molecule is Cc1ccnc(-c2nc3ccc(C)cc3n2C2=CC=C=C=C2)c1. The van der Waals surface area contributed by atoms with Gasteiger partial charge in [-0.3, -0.25) is 9.55 Å². The highest BCUT2D eigenvalue weighted by Gasteiger charge is 2.16. The van der Waals surface area contributed by atoms with Crippen LogP contribution in [-0.2, 0) is 0 Å².